The molecule has 1 atom stereocenters. The molecule has 0 bridgehead atoms. The standard InChI is InChI=1S/C9H13N5O5/c10-6(15)3-5(8(16)17)14-9(18)11-2-1-7-12-4-13-19-7/h4-5H,1-3H2,(H2,10,15)(H,16,17)(H2,11,14,18)/t5-/m0/s1. The van der Waals surface area contributed by atoms with Gasteiger partial charge in [-0.05, 0) is 0 Å². The Kier molecular flexibility index (Phi) is 5.26. The highest BCUT2D eigenvalue weighted by Crippen LogP contribution is 1.93. The maximum absolute atomic E-state index is 11.4. The summed E-state index contributed by atoms with van der Waals surface area (Å²) in [5.74, 6) is -1.82. The van der Waals surface area contributed by atoms with Gasteiger partial charge in [0.05, 0.1) is 6.42 Å². The number of carbonyl (C=O) groups excluding carboxylic acids is 2. The number of nitrogens with zero attached hydrogens (tertiary/aromatic N) is 2. The Labute approximate surface area is 107 Å². The predicted molar refractivity (Wildman–Crippen MR) is 59.8 cm³/mol. The molecular formula is C9H13N5O5. The van der Waals surface area contributed by atoms with Crippen molar-refractivity contribution in [3.8, 4) is 0 Å². The number of nitrogens with two attached hydrogens (primary N) is 1. The van der Waals surface area contributed by atoms with E-state index in [1.54, 1.807) is 0 Å². The van der Waals surface area contributed by atoms with Gasteiger partial charge >= 0.3 is 12.0 Å². The smallest absolute Gasteiger partial charge is 0.326 e. The van der Waals surface area contributed by atoms with E-state index in [4.69, 9.17) is 15.4 Å². The molecule has 10 heteroatoms. The van der Waals surface area contributed by atoms with Crippen LogP contribution in [0.25, 0.3) is 0 Å². The number of nitrogens with one attached hydrogen (secondary N) is 2. The lowest BCUT2D eigenvalue weighted by Gasteiger charge is -2.13. The fourth-order valence-corrected chi connectivity index (χ4v) is 1.20. The molecule has 5 N–H and O–H groups in total. The van der Waals surface area contributed by atoms with Crippen LogP contribution in [-0.4, -0.2) is 45.7 Å². The number of primary amides is 1. The minimum Gasteiger partial charge on any atom is -0.480 e. The first kappa shape index (κ1) is 14.4. The summed E-state index contributed by atoms with van der Waals surface area (Å²) in [5, 5.41) is 16.6. The van der Waals surface area contributed by atoms with Crippen LogP contribution in [0, 0.1) is 0 Å². The van der Waals surface area contributed by atoms with Gasteiger partial charge in [0.25, 0.3) is 0 Å². The van der Waals surface area contributed by atoms with Crippen molar-refractivity contribution in [2.75, 3.05) is 6.54 Å². The molecule has 1 aromatic rings. The molecule has 0 aliphatic heterocycles. The Morgan fingerprint density at radius 3 is 2.74 bits per heavy atom. The third-order valence-corrected chi connectivity index (χ3v) is 2.04. The Morgan fingerprint density at radius 1 is 1.47 bits per heavy atom. The molecule has 1 rings (SSSR count). The lowest BCUT2D eigenvalue weighted by Crippen LogP contribution is -2.48. The second-order valence-corrected chi connectivity index (χ2v) is 3.55. The molecule has 0 aromatic carbocycles. The van der Waals surface area contributed by atoms with E-state index in [1.165, 1.54) is 6.33 Å². The lowest BCUT2D eigenvalue weighted by molar-refractivity contribution is -0.140. The van der Waals surface area contributed by atoms with Gasteiger partial charge in [-0.1, -0.05) is 5.16 Å². The van der Waals surface area contributed by atoms with Crippen LogP contribution in [0.15, 0.2) is 10.9 Å². The normalized spacial score (nSPS) is 11.6. The van der Waals surface area contributed by atoms with Crippen LogP contribution < -0.4 is 16.4 Å². The van der Waals surface area contributed by atoms with Gasteiger partial charge < -0.3 is 26.0 Å². The maximum atomic E-state index is 11.4. The van der Waals surface area contributed by atoms with Crippen molar-refractivity contribution < 1.29 is 24.0 Å². The van der Waals surface area contributed by atoms with Crippen LogP contribution in [-0.2, 0) is 16.0 Å². The van der Waals surface area contributed by atoms with Gasteiger partial charge in [0.1, 0.15) is 6.04 Å². The number of carboxylic acid groups (broad SMARTS) is 1. The van der Waals surface area contributed by atoms with Crippen molar-refractivity contribution in [3.63, 3.8) is 0 Å². The number of hydrogen-bond donors (Lipinski definition) is 4. The number of rotatable bonds is 7. The monoisotopic (exact) mass is 271 g/mol. The number of hydrogen-bond acceptors (Lipinski definition) is 6. The van der Waals surface area contributed by atoms with Crippen LogP contribution in [0.1, 0.15) is 12.3 Å². The van der Waals surface area contributed by atoms with Gasteiger partial charge in [0.2, 0.25) is 11.8 Å². The molecule has 0 aliphatic carbocycles. The van der Waals surface area contributed by atoms with Crippen LogP contribution >= 0.6 is 0 Å². The van der Waals surface area contributed by atoms with E-state index >= 15 is 0 Å². The van der Waals surface area contributed by atoms with E-state index in [0.717, 1.165) is 0 Å². The molecule has 1 aromatic heterocycles. The van der Waals surface area contributed by atoms with Crippen molar-refractivity contribution in [2.45, 2.75) is 18.9 Å². The third-order valence-electron chi connectivity index (χ3n) is 2.04. The van der Waals surface area contributed by atoms with E-state index in [1.807, 2.05) is 0 Å². The van der Waals surface area contributed by atoms with Gasteiger partial charge in [-0.15, -0.1) is 0 Å². The molecule has 0 saturated heterocycles. The number of amides is 3. The van der Waals surface area contributed by atoms with Crippen molar-refractivity contribution in [1.29, 1.82) is 0 Å². The SMILES string of the molecule is NC(=O)C[C@H](NC(=O)NCCc1ncno1)C(=O)O. The summed E-state index contributed by atoms with van der Waals surface area (Å²) in [5.41, 5.74) is 4.87. The van der Waals surface area contributed by atoms with Gasteiger partial charge in [0.15, 0.2) is 6.33 Å². The topological polar surface area (TPSA) is 160 Å². The molecule has 10 nitrogen and oxygen atoms in total. The van der Waals surface area contributed by atoms with E-state index in [0.29, 0.717) is 12.3 Å². The molecule has 0 fully saturated rings. The quantitative estimate of drug-likeness (QED) is 0.456. The van der Waals surface area contributed by atoms with E-state index < -0.39 is 30.4 Å². The molecule has 0 unspecified atom stereocenters. The summed E-state index contributed by atoms with van der Waals surface area (Å²) >= 11 is 0. The highest BCUT2D eigenvalue weighted by molar-refractivity contribution is 5.87. The first-order valence-corrected chi connectivity index (χ1v) is 5.30. The highest BCUT2D eigenvalue weighted by atomic mass is 16.5. The highest BCUT2D eigenvalue weighted by Gasteiger charge is 2.21. The average Bonchev–Trinajstić information content (AvgIpc) is 2.80. The number of urea groups is 1. The molecule has 0 aliphatic rings. The molecule has 3 amide bonds. The number of aliphatic carboxylic acids is 1. The summed E-state index contributed by atoms with van der Waals surface area (Å²) in [6.45, 7) is 0.178. The number of carboxylic acids is 1. The molecule has 0 saturated carbocycles. The summed E-state index contributed by atoms with van der Waals surface area (Å²) in [6, 6.07) is -2.09. The molecular weight excluding hydrogens is 258 g/mol. The van der Waals surface area contributed by atoms with Crippen LogP contribution in [0.5, 0.6) is 0 Å². The largest absolute Gasteiger partial charge is 0.480 e. The van der Waals surface area contributed by atoms with Crippen molar-refractivity contribution in [1.82, 2.24) is 20.8 Å². The van der Waals surface area contributed by atoms with Crippen molar-refractivity contribution in [2.24, 2.45) is 5.73 Å². The summed E-state index contributed by atoms with van der Waals surface area (Å²) in [6.07, 6.45) is 1.05. The zero-order valence-corrected chi connectivity index (χ0v) is 9.83. The van der Waals surface area contributed by atoms with E-state index in [2.05, 4.69) is 20.8 Å². The Balaban J connectivity index is 2.32. The molecule has 1 heterocycles. The number of aromatic nitrogens is 2. The molecule has 0 radical (unpaired) electrons. The first-order valence-electron chi connectivity index (χ1n) is 5.30. The van der Waals surface area contributed by atoms with Crippen LogP contribution in [0.2, 0.25) is 0 Å². The lowest BCUT2D eigenvalue weighted by atomic mass is 10.2. The van der Waals surface area contributed by atoms with Gasteiger partial charge in [-0.2, -0.15) is 4.98 Å². The van der Waals surface area contributed by atoms with Gasteiger partial charge in [0, 0.05) is 13.0 Å². The third kappa shape index (κ3) is 5.48. The minimum atomic E-state index is -1.36. The predicted octanol–water partition coefficient (Wildman–Crippen LogP) is -1.76. The summed E-state index contributed by atoms with van der Waals surface area (Å²) in [4.78, 5) is 36.5. The van der Waals surface area contributed by atoms with Crippen molar-refractivity contribution in [3.05, 3.63) is 12.2 Å². The fraction of sp³-hybridized carbons (Fsp3) is 0.444. The maximum Gasteiger partial charge on any atom is 0.326 e. The van der Waals surface area contributed by atoms with Gasteiger partial charge in [-0.3, -0.25) is 4.79 Å². The van der Waals surface area contributed by atoms with E-state index in [-0.39, 0.29) is 6.54 Å². The number of carbonyl (C=O) groups is 3. The van der Waals surface area contributed by atoms with Gasteiger partial charge in [-0.25, -0.2) is 9.59 Å². The fourth-order valence-electron chi connectivity index (χ4n) is 1.20. The average molecular weight is 271 g/mol. The molecule has 0 spiro atoms. The zero-order valence-electron chi connectivity index (χ0n) is 9.83. The van der Waals surface area contributed by atoms with Crippen LogP contribution in [0.4, 0.5) is 4.79 Å². The Morgan fingerprint density at radius 2 is 2.21 bits per heavy atom. The van der Waals surface area contributed by atoms with Crippen LogP contribution in [0.3, 0.4) is 0 Å². The zero-order chi connectivity index (χ0) is 14.3. The second-order valence-electron chi connectivity index (χ2n) is 3.55. The van der Waals surface area contributed by atoms with E-state index in [9.17, 15) is 14.4 Å². The Hall–Kier alpha value is -2.65. The Bertz CT molecular complexity index is 446. The summed E-state index contributed by atoms with van der Waals surface area (Å²) < 4.78 is 4.70. The summed E-state index contributed by atoms with van der Waals surface area (Å²) in [7, 11) is 0. The van der Waals surface area contributed by atoms with Crippen molar-refractivity contribution >= 4 is 17.9 Å². The minimum absolute atomic E-state index is 0.178. The first-order chi connectivity index (χ1) is 8.99. The molecule has 104 valence electrons. The molecule has 19 heavy (non-hydrogen) atoms. The second kappa shape index (κ2) is 6.93.